The van der Waals surface area contributed by atoms with Crippen molar-refractivity contribution in [3.8, 4) is 11.3 Å². The third-order valence-electron chi connectivity index (χ3n) is 5.86. The number of Topliss-reactive ketones (excluding diaryl/α,β-unsaturated/α-hetero) is 1. The number of methoxy groups -OCH3 is 1. The smallest absolute Gasteiger partial charge is 0.195 e. The fraction of sp³-hybridized carbons (Fsp3) is 0.154. The molecule has 5 rings (SSSR count). The first-order valence-corrected chi connectivity index (χ1v) is 9.81. The summed E-state index contributed by atoms with van der Waals surface area (Å²) >= 11 is 0. The molecule has 0 saturated carbocycles. The number of para-hydroxylation sites is 1. The Labute approximate surface area is 170 Å². The largest absolute Gasteiger partial charge is 0.369 e. The summed E-state index contributed by atoms with van der Waals surface area (Å²) in [5, 5.41) is 1.11. The summed E-state index contributed by atoms with van der Waals surface area (Å²) in [5.74, 6) is 0.0569. The topological polar surface area (TPSA) is 39.2 Å². The van der Waals surface area contributed by atoms with E-state index in [1.807, 2.05) is 66.7 Å². The van der Waals surface area contributed by atoms with Crippen LogP contribution >= 0.6 is 0 Å². The predicted molar refractivity (Wildman–Crippen MR) is 115 cm³/mol. The predicted octanol–water partition coefficient (Wildman–Crippen LogP) is 5.27. The van der Waals surface area contributed by atoms with Gasteiger partial charge in [0, 0.05) is 36.5 Å². The lowest BCUT2D eigenvalue weighted by Crippen LogP contribution is -2.40. The molecule has 29 heavy (non-hydrogen) atoms. The number of carbonyl (C=O) groups excluding carboxylic acids is 1. The van der Waals surface area contributed by atoms with Gasteiger partial charge < -0.3 is 4.74 Å². The average Bonchev–Trinajstić information content (AvgIpc) is 3.05. The molecule has 3 heteroatoms. The number of carbonyl (C=O) groups is 1. The van der Waals surface area contributed by atoms with Gasteiger partial charge >= 0.3 is 0 Å². The molecule has 0 amide bonds. The minimum Gasteiger partial charge on any atom is -0.369 e. The Kier molecular flexibility index (Phi) is 4.26. The van der Waals surface area contributed by atoms with Crippen LogP contribution in [0.1, 0.15) is 21.5 Å². The fourth-order valence-corrected chi connectivity index (χ4v) is 4.27. The molecule has 3 nitrogen and oxygen atoms in total. The molecule has 0 radical (unpaired) electrons. The zero-order valence-electron chi connectivity index (χ0n) is 16.3. The molecule has 1 aliphatic rings. The summed E-state index contributed by atoms with van der Waals surface area (Å²) in [7, 11) is 1.64. The van der Waals surface area contributed by atoms with Gasteiger partial charge in [-0.05, 0) is 29.3 Å². The van der Waals surface area contributed by atoms with E-state index in [9.17, 15) is 4.79 Å². The fourth-order valence-electron chi connectivity index (χ4n) is 4.27. The van der Waals surface area contributed by atoms with Crippen molar-refractivity contribution in [1.82, 2.24) is 4.98 Å². The highest BCUT2D eigenvalue weighted by molar-refractivity contribution is 6.08. The molecule has 0 aliphatic heterocycles. The van der Waals surface area contributed by atoms with Crippen molar-refractivity contribution in [3.63, 3.8) is 0 Å². The quantitative estimate of drug-likeness (QED) is 0.485. The van der Waals surface area contributed by atoms with Crippen LogP contribution in [-0.2, 0) is 17.6 Å². The molecule has 0 bridgehead atoms. The van der Waals surface area contributed by atoms with Crippen LogP contribution in [-0.4, -0.2) is 23.5 Å². The van der Waals surface area contributed by atoms with Gasteiger partial charge in [0.05, 0.1) is 11.2 Å². The van der Waals surface area contributed by atoms with E-state index in [4.69, 9.17) is 9.72 Å². The number of fused-ring (bicyclic) bond motifs is 2. The maximum absolute atomic E-state index is 13.4. The summed E-state index contributed by atoms with van der Waals surface area (Å²) in [6, 6.07) is 28.3. The van der Waals surface area contributed by atoms with Crippen LogP contribution in [0.25, 0.3) is 22.2 Å². The van der Waals surface area contributed by atoms with Crippen LogP contribution < -0.4 is 0 Å². The van der Waals surface area contributed by atoms with Crippen LogP contribution in [0, 0.1) is 0 Å². The van der Waals surface area contributed by atoms with Gasteiger partial charge in [-0.3, -0.25) is 4.79 Å². The second kappa shape index (κ2) is 6.94. The number of rotatable bonds is 4. The number of hydrogen-bond donors (Lipinski definition) is 0. The highest BCUT2D eigenvalue weighted by Gasteiger charge is 2.46. The van der Waals surface area contributed by atoms with E-state index in [-0.39, 0.29) is 5.78 Å². The molecular weight excluding hydrogens is 358 g/mol. The van der Waals surface area contributed by atoms with E-state index in [2.05, 4.69) is 18.2 Å². The van der Waals surface area contributed by atoms with Gasteiger partial charge in [0.2, 0.25) is 0 Å². The van der Waals surface area contributed by atoms with E-state index < -0.39 is 5.60 Å². The summed E-state index contributed by atoms with van der Waals surface area (Å²) in [4.78, 5) is 18.2. The Morgan fingerprint density at radius 3 is 2.55 bits per heavy atom. The summed E-state index contributed by atoms with van der Waals surface area (Å²) < 4.78 is 5.84. The first-order valence-electron chi connectivity index (χ1n) is 9.81. The lowest BCUT2D eigenvalue weighted by atomic mass is 9.90. The molecule has 1 aliphatic carbocycles. The molecule has 142 valence electrons. The van der Waals surface area contributed by atoms with E-state index in [1.54, 1.807) is 7.11 Å². The highest BCUT2D eigenvalue weighted by Crippen LogP contribution is 2.37. The summed E-state index contributed by atoms with van der Waals surface area (Å²) in [5.41, 5.74) is 4.83. The Hall–Kier alpha value is -3.30. The molecule has 1 aromatic heterocycles. The minimum atomic E-state index is -0.834. The van der Waals surface area contributed by atoms with E-state index in [0.717, 1.165) is 38.9 Å². The van der Waals surface area contributed by atoms with Crippen LogP contribution in [0.5, 0.6) is 0 Å². The summed E-state index contributed by atoms with van der Waals surface area (Å²) in [6.07, 6.45) is 1.17. The van der Waals surface area contributed by atoms with Crippen molar-refractivity contribution in [3.05, 3.63) is 102 Å². The van der Waals surface area contributed by atoms with Crippen molar-refractivity contribution in [2.75, 3.05) is 7.11 Å². The second-order valence-corrected chi connectivity index (χ2v) is 7.63. The Balaban J connectivity index is 1.52. The van der Waals surface area contributed by atoms with Gasteiger partial charge in [0.25, 0.3) is 0 Å². The molecule has 0 saturated heterocycles. The Morgan fingerprint density at radius 2 is 1.72 bits per heavy atom. The molecule has 0 fully saturated rings. The monoisotopic (exact) mass is 379 g/mol. The molecule has 3 aromatic carbocycles. The van der Waals surface area contributed by atoms with Gasteiger partial charge in [-0.25, -0.2) is 4.98 Å². The maximum Gasteiger partial charge on any atom is 0.195 e. The van der Waals surface area contributed by atoms with Crippen LogP contribution in [0.15, 0.2) is 84.9 Å². The van der Waals surface area contributed by atoms with Gasteiger partial charge in [-0.15, -0.1) is 0 Å². The number of ketones is 1. The number of ether oxygens (including phenoxy) is 1. The van der Waals surface area contributed by atoms with Crippen molar-refractivity contribution < 1.29 is 9.53 Å². The van der Waals surface area contributed by atoms with E-state index in [1.165, 1.54) is 0 Å². The zero-order chi connectivity index (χ0) is 19.8. The van der Waals surface area contributed by atoms with Crippen LogP contribution in [0.4, 0.5) is 0 Å². The summed E-state index contributed by atoms with van der Waals surface area (Å²) in [6.45, 7) is 0. The van der Waals surface area contributed by atoms with Gasteiger partial charge in [0.15, 0.2) is 5.78 Å². The second-order valence-electron chi connectivity index (χ2n) is 7.63. The van der Waals surface area contributed by atoms with E-state index >= 15 is 0 Å². The number of aromatic nitrogens is 1. The number of hydrogen-bond acceptors (Lipinski definition) is 3. The minimum absolute atomic E-state index is 0.0569. The molecule has 1 unspecified atom stereocenters. The lowest BCUT2D eigenvalue weighted by molar-refractivity contribution is 0.00748. The number of nitrogens with zero attached hydrogens (tertiary/aromatic N) is 1. The third-order valence-corrected chi connectivity index (χ3v) is 5.86. The van der Waals surface area contributed by atoms with Crippen molar-refractivity contribution >= 4 is 16.7 Å². The van der Waals surface area contributed by atoms with Crippen molar-refractivity contribution in [2.45, 2.75) is 18.4 Å². The lowest BCUT2D eigenvalue weighted by Gasteiger charge is -2.25. The first-order chi connectivity index (χ1) is 14.2. The van der Waals surface area contributed by atoms with Crippen molar-refractivity contribution in [2.24, 2.45) is 0 Å². The average molecular weight is 379 g/mol. The molecular formula is C26H21NO2. The highest BCUT2D eigenvalue weighted by atomic mass is 16.5. The SMILES string of the molecule is COC1(Cc2ccccc2)Cc2ccc(-c3ccc4ccccc4n3)cc2C1=O. The van der Waals surface area contributed by atoms with Crippen LogP contribution in [0.2, 0.25) is 0 Å². The van der Waals surface area contributed by atoms with Gasteiger partial charge in [-0.2, -0.15) is 0 Å². The Bertz CT molecular complexity index is 1220. The first kappa shape index (κ1) is 17.8. The van der Waals surface area contributed by atoms with Gasteiger partial charge in [-0.1, -0.05) is 66.7 Å². The van der Waals surface area contributed by atoms with Crippen molar-refractivity contribution in [1.29, 1.82) is 0 Å². The molecule has 0 spiro atoms. The third kappa shape index (κ3) is 3.04. The molecule has 1 atom stereocenters. The Morgan fingerprint density at radius 1 is 0.931 bits per heavy atom. The molecule has 4 aromatic rings. The normalized spacial score (nSPS) is 18.2. The van der Waals surface area contributed by atoms with Gasteiger partial charge in [0.1, 0.15) is 5.60 Å². The maximum atomic E-state index is 13.4. The van der Waals surface area contributed by atoms with Crippen LogP contribution in [0.3, 0.4) is 0 Å². The number of benzene rings is 3. The molecule has 1 heterocycles. The number of pyridine rings is 1. The standard InChI is InChI=1S/C26H21NO2/c1-29-26(16-18-7-3-2-4-8-18)17-21-12-11-20(15-22(21)25(26)28)24-14-13-19-9-5-6-10-23(19)27-24/h2-15H,16-17H2,1H3. The zero-order valence-corrected chi connectivity index (χ0v) is 16.3. The van der Waals surface area contributed by atoms with E-state index in [0.29, 0.717) is 12.8 Å². The molecule has 0 N–H and O–H groups in total.